The van der Waals surface area contributed by atoms with Gasteiger partial charge in [-0.2, -0.15) is 0 Å². The van der Waals surface area contributed by atoms with Crippen LogP contribution in [0.25, 0.3) is 0 Å². The fourth-order valence-electron chi connectivity index (χ4n) is 0.479. The van der Waals surface area contributed by atoms with Crippen LogP contribution in [0.4, 0.5) is 4.79 Å². The topological polar surface area (TPSA) is 93.4 Å². The Hall–Kier alpha value is 1.49. The molecular formula is C7H6K2O5. The SMILES string of the molecule is CC(=O)c1ccco1.O=C([O-])[O-].[K+].[K+]. The van der Waals surface area contributed by atoms with Gasteiger partial charge in [0.1, 0.15) is 0 Å². The molecule has 1 heterocycles. The zero-order chi connectivity index (χ0) is 9.56. The Morgan fingerprint density at radius 2 is 1.71 bits per heavy atom. The van der Waals surface area contributed by atoms with E-state index >= 15 is 0 Å². The maximum atomic E-state index is 10.4. The number of carboxylic acid groups (broad SMARTS) is 2. The molecule has 1 aromatic heterocycles. The van der Waals surface area contributed by atoms with Gasteiger partial charge in [0.2, 0.25) is 0 Å². The molecule has 0 amide bonds. The summed E-state index contributed by atoms with van der Waals surface area (Å²) >= 11 is 0. The molecule has 0 aliphatic heterocycles. The van der Waals surface area contributed by atoms with Crippen LogP contribution in [0.15, 0.2) is 22.8 Å². The van der Waals surface area contributed by atoms with E-state index in [1.54, 1.807) is 12.1 Å². The Balaban J connectivity index is -0.000000180. The van der Waals surface area contributed by atoms with Gasteiger partial charge in [-0.1, -0.05) is 0 Å². The Labute approximate surface area is 166 Å². The number of Topliss-reactive ketones (excluding diaryl/α,β-unsaturated/α-hetero) is 1. The van der Waals surface area contributed by atoms with Gasteiger partial charge in [0.05, 0.1) is 6.26 Å². The Morgan fingerprint density at radius 3 is 1.86 bits per heavy atom. The van der Waals surface area contributed by atoms with Crippen LogP contribution in [0, 0.1) is 0 Å². The zero-order valence-electron chi connectivity index (χ0n) is 8.27. The monoisotopic (exact) mass is 248 g/mol. The second-order valence-corrected chi connectivity index (χ2v) is 1.78. The molecule has 14 heavy (non-hydrogen) atoms. The molecule has 1 rings (SSSR count). The third kappa shape index (κ3) is 13.5. The van der Waals surface area contributed by atoms with Crippen molar-refractivity contribution in [1.82, 2.24) is 0 Å². The average molecular weight is 248 g/mol. The normalized spacial score (nSPS) is 6.93. The van der Waals surface area contributed by atoms with E-state index in [9.17, 15) is 4.79 Å². The van der Waals surface area contributed by atoms with E-state index in [0.717, 1.165) is 0 Å². The Kier molecular flexibility index (Phi) is 18.7. The standard InChI is InChI=1S/C6H6O2.CH2O3.2K/c1-5(7)6-3-2-4-8-6;2-1(3)4;;/h2-4H,1H3;(H2,2,3,4);;/q;;2*+1/p-2. The van der Waals surface area contributed by atoms with Crippen LogP contribution in [0.3, 0.4) is 0 Å². The molecule has 0 aromatic carbocycles. The maximum absolute atomic E-state index is 10.4. The number of hydrogen-bond acceptors (Lipinski definition) is 5. The summed E-state index contributed by atoms with van der Waals surface area (Å²) in [5.41, 5.74) is 0. The van der Waals surface area contributed by atoms with Gasteiger partial charge in [0, 0.05) is 6.92 Å². The number of carbonyl (C=O) groups is 2. The second kappa shape index (κ2) is 12.6. The minimum atomic E-state index is -2.33. The van der Waals surface area contributed by atoms with E-state index in [1.165, 1.54) is 13.2 Å². The predicted molar refractivity (Wildman–Crippen MR) is 34.1 cm³/mol. The van der Waals surface area contributed by atoms with Gasteiger partial charge < -0.3 is 19.4 Å². The van der Waals surface area contributed by atoms with Gasteiger partial charge in [-0.05, 0) is 18.3 Å². The first-order chi connectivity index (χ1) is 5.54. The van der Waals surface area contributed by atoms with Crippen molar-refractivity contribution >= 4 is 11.9 Å². The van der Waals surface area contributed by atoms with E-state index in [1.807, 2.05) is 0 Å². The van der Waals surface area contributed by atoms with Gasteiger partial charge in [-0.15, -0.1) is 0 Å². The summed E-state index contributed by atoms with van der Waals surface area (Å²) in [7, 11) is 0. The third-order valence-corrected chi connectivity index (χ3v) is 0.868. The Bertz CT molecular complexity index is 253. The zero-order valence-corrected chi connectivity index (χ0v) is 14.5. The number of carbonyl (C=O) groups excluding carboxylic acids is 2. The molecule has 0 spiro atoms. The Morgan fingerprint density at radius 1 is 1.29 bits per heavy atom. The van der Waals surface area contributed by atoms with Crippen molar-refractivity contribution in [2.24, 2.45) is 0 Å². The molecule has 0 radical (unpaired) electrons. The van der Waals surface area contributed by atoms with E-state index < -0.39 is 6.16 Å². The first-order valence-electron chi connectivity index (χ1n) is 2.96. The number of rotatable bonds is 1. The van der Waals surface area contributed by atoms with Crippen LogP contribution >= 0.6 is 0 Å². The molecule has 7 heteroatoms. The minimum Gasteiger partial charge on any atom is -0.652 e. The van der Waals surface area contributed by atoms with E-state index in [0.29, 0.717) is 5.76 Å². The molecule has 0 N–H and O–H groups in total. The van der Waals surface area contributed by atoms with Gasteiger partial charge in [-0.3, -0.25) is 4.79 Å². The summed E-state index contributed by atoms with van der Waals surface area (Å²) in [6, 6.07) is 3.33. The molecule has 0 aliphatic rings. The smallest absolute Gasteiger partial charge is 0.652 e. The number of furan rings is 1. The van der Waals surface area contributed by atoms with Crippen LogP contribution in [0.5, 0.6) is 0 Å². The molecule has 0 bridgehead atoms. The summed E-state index contributed by atoms with van der Waals surface area (Å²) in [4.78, 5) is 18.7. The molecule has 0 fully saturated rings. The first-order valence-corrected chi connectivity index (χ1v) is 2.96. The minimum absolute atomic E-state index is 0. The van der Waals surface area contributed by atoms with E-state index in [-0.39, 0.29) is 109 Å². The van der Waals surface area contributed by atoms with Crippen molar-refractivity contribution in [2.75, 3.05) is 0 Å². The summed E-state index contributed by atoms with van der Waals surface area (Å²) in [6.45, 7) is 1.47. The maximum Gasteiger partial charge on any atom is 1.00 e. The third-order valence-electron chi connectivity index (χ3n) is 0.868. The number of hydrogen-bond donors (Lipinski definition) is 0. The van der Waals surface area contributed by atoms with Crippen LogP contribution < -0.4 is 113 Å². The largest absolute Gasteiger partial charge is 1.00 e. The molecule has 1 aromatic rings. The van der Waals surface area contributed by atoms with Crippen LogP contribution in [-0.2, 0) is 0 Å². The van der Waals surface area contributed by atoms with Crippen molar-refractivity contribution in [2.45, 2.75) is 6.92 Å². The fraction of sp³-hybridized carbons (Fsp3) is 0.143. The van der Waals surface area contributed by atoms with Gasteiger partial charge in [-0.25, -0.2) is 0 Å². The van der Waals surface area contributed by atoms with E-state index in [4.69, 9.17) is 19.4 Å². The van der Waals surface area contributed by atoms with Crippen LogP contribution in [0.2, 0.25) is 0 Å². The van der Waals surface area contributed by atoms with Gasteiger partial charge in [0.15, 0.2) is 11.5 Å². The molecule has 0 atom stereocenters. The molecule has 5 nitrogen and oxygen atoms in total. The van der Waals surface area contributed by atoms with Gasteiger partial charge in [0.25, 0.3) is 0 Å². The molecule has 66 valence electrons. The molecule has 0 saturated heterocycles. The van der Waals surface area contributed by atoms with Crippen molar-refractivity contribution in [3.8, 4) is 0 Å². The summed E-state index contributed by atoms with van der Waals surface area (Å²) in [6.07, 6.45) is -0.850. The molecular weight excluding hydrogens is 242 g/mol. The van der Waals surface area contributed by atoms with Crippen molar-refractivity contribution in [1.29, 1.82) is 0 Å². The van der Waals surface area contributed by atoms with Crippen LogP contribution in [-0.4, -0.2) is 11.9 Å². The quantitative estimate of drug-likeness (QED) is 0.364. The summed E-state index contributed by atoms with van der Waals surface area (Å²) in [5, 5.41) is 16.7. The van der Waals surface area contributed by atoms with Crippen molar-refractivity contribution in [3.63, 3.8) is 0 Å². The molecule has 0 saturated carbocycles. The van der Waals surface area contributed by atoms with Crippen molar-refractivity contribution < 1.29 is 127 Å². The summed E-state index contributed by atoms with van der Waals surface area (Å²) in [5.74, 6) is 0.389. The average Bonchev–Trinajstić information content (AvgIpc) is 2.34. The number of ketones is 1. The summed E-state index contributed by atoms with van der Waals surface area (Å²) < 4.78 is 4.75. The molecule has 0 aliphatic carbocycles. The predicted octanol–water partition coefficient (Wildman–Crippen LogP) is -6.96. The second-order valence-electron chi connectivity index (χ2n) is 1.78. The van der Waals surface area contributed by atoms with Crippen molar-refractivity contribution in [3.05, 3.63) is 24.2 Å². The fourth-order valence-corrected chi connectivity index (χ4v) is 0.479. The first kappa shape index (κ1) is 20.9. The van der Waals surface area contributed by atoms with E-state index in [2.05, 4.69) is 0 Å². The van der Waals surface area contributed by atoms with Gasteiger partial charge >= 0.3 is 103 Å². The molecule has 0 unspecified atom stereocenters. The van der Waals surface area contributed by atoms with Crippen LogP contribution in [0.1, 0.15) is 17.5 Å².